The van der Waals surface area contributed by atoms with Crippen molar-refractivity contribution < 1.29 is 23.9 Å². The van der Waals surface area contributed by atoms with Gasteiger partial charge >= 0.3 is 11.9 Å². The van der Waals surface area contributed by atoms with Gasteiger partial charge in [0.2, 0.25) is 0 Å². The number of halogens is 1. The van der Waals surface area contributed by atoms with E-state index in [9.17, 15) is 14.4 Å². The molecule has 0 aliphatic rings. The summed E-state index contributed by atoms with van der Waals surface area (Å²) in [5.74, 6) is -1.58. The lowest BCUT2D eigenvalue weighted by atomic mass is 10.1. The molecular weight excluding hydrogens is 370 g/mol. The maximum Gasteiger partial charge on any atom is 0.337 e. The zero-order valence-corrected chi connectivity index (χ0v) is 15.5. The van der Waals surface area contributed by atoms with Crippen LogP contribution in [0.5, 0.6) is 0 Å². The Balaban J connectivity index is 1.89. The molecule has 0 saturated carbocycles. The minimum Gasteiger partial charge on any atom is -0.465 e. The smallest absolute Gasteiger partial charge is 0.337 e. The minimum atomic E-state index is -0.983. The fourth-order valence-corrected chi connectivity index (χ4v) is 2.28. The van der Waals surface area contributed by atoms with Crippen molar-refractivity contribution in [1.82, 2.24) is 0 Å². The number of anilines is 1. The van der Waals surface area contributed by atoms with Crippen LogP contribution in [0.2, 0.25) is 5.02 Å². The highest BCUT2D eigenvalue weighted by molar-refractivity contribution is 6.30. The predicted molar refractivity (Wildman–Crippen MR) is 102 cm³/mol. The number of hydrogen-bond donors (Lipinski definition) is 1. The second-order valence-electron chi connectivity index (χ2n) is 5.53. The first-order chi connectivity index (χ1) is 12.9. The average molecular weight is 388 g/mol. The van der Waals surface area contributed by atoms with Crippen LogP contribution in [0.1, 0.15) is 22.8 Å². The van der Waals surface area contributed by atoms with Gasteiger partial charge in [-0.15, -0.1) is 0 Å². The fraction of sp³-hybridized carbons (Fsp3) is 0.150. The van der Waals surface area contributed by atoms with Crippen LogP contribution in [-0.4, -0.2) is 31.1 Å². The van der Waals surface area contributed by atoms with Crippen molar-refractivity contribution >= 4 is 41.2 Å². The van der Waals surface area contributed by atoms with E-state index in [1.807, 2.05) is 0 Å². The van der Waals surface area contributed by atoms with E-state index in [1.54, 1.807) is 48.5 Å². The third-order valence-electron chi connectivity index (χ3n) is 3.50. The summed E-state index contributed by atoms with van der Waals surface area (Å²) < 4.78 is 9.68. The summed E-state index contributed by atoms with van der Waals surface area (Å²) in [6.45, 7) is 1.47. The second kappa shape index (κ2) is 9.54. The monoisotopic (exact) mass is 387 g/mol. The third kappa shape index (κ3) is 6.27. The Morgan fingerprint density at radius 2 is 1.81 bits per heavy atom. The Kier molecular flexibility index (Phi) is 7.14. The van der Waals surface area contributed by atoms with Crippen molar-refractivity contribution in [2.45, 2.75) is 13.0 Å². The Hall–Kier alpha value is -3.12. The first-order valence-electron chi connectivity index (χ1n) is 8.02. The highest BCUT2D eigenvalue weighted by Gasteiger charge is 2.16. The molecule has 2 rings (SSSR count). The van der Waals surface area contributed by atoms with Crippen LogP contribution in [0.15, 0.2) is 54.6 Å². The van der Waals surface area contributed by atoms with Crippen molar-refractivity contribution in [3.05, 3.63) is 70.8 Å². The van der Waals surface area contributed by atoms with Crippen LogP contribution in [0.25, 0.3) is 6.08 Å². The quantitative estimate of drug-likeness (QED) is 0.603. The summed E-state index contributed by atoms with van der Waals surface area (Å²) in [5.41, 5.74) is 1.61. The minimum absolute atomic E-state index is 0.406. The molecule has 0 radical (unpaired) electrons. The topological polar surface area (TPSA) is 81.7 Å². The lowest BCUT2D eigenvalue weighted by Gasteiger charge is -2.12. The third-order valence-corrected chi connectivity index (χ3v) is 3.73. The Labute approximate surface area is 161 Å². The van der Waals surface area contributed by atoms with Crippen LogP contribution >= 0.6 is 11.6 Å². The Morgan fingerprint density at radius 1 is 1.11 bits per heavy atom. The molecule has 7 heteroatoms. The van der Waals surface area contributed by atoms with Crippen LogP contribution in [0.3, 0.4) is 0 Å². The van der Waals surface area contributed by atoms with Gasteiger partial charge < -0.3 is 14.8 Å². The number of benzene rings is 2. The molecule has 0 aromatic heterocycles. The zero-order valence-electron chi connectivity index (χ0n) is 14.8. The largest absolute Gasteiger partial charge is 0.465 e. The van der Waals surface area contributed by atoms with E-state index in [0.717, 1.165) is 0 Å². The molecule has 0 aliphatic carbocycles. The molecule has 140 valence electrons. The molecule has 2 aromatic carbocycles. The fourth-order valence-electron chi connectivity index (χ4n) is 2.09. The van der Waals surface area contributed by atoms with Gasteiger partial charge in [-0.3, -0.25) is 4.79 Å². The summed E-state index contributed by atoms with van der Waals surface area (Å²) in [6.07, 6.45) is 1.74. The molecule has 1 amide bonds. The van der Waals surface area contributed by atoms with Gasteiger partial charge in [0.05, 0.1) is 12.7 Å². The number of carbonyl (C=O) groups is 3. The molecule has 27 heavy (non-hydrogen) atoms. The number of esters is 2. The van der Waals surface area contributed by atoms with Crippen molar-refractivity contribution in [3.63, 3.8) is 0 Å². The van der Waals surface area contributed by atoms with Gasteiger partial charge in [0, 0.05) is 16.8 Å². The number of ether oxygens (including phenoxy) is 2. The number of carbonyl (C=O) groups excluding carboxylic acids is 3. The molecule has 2 aromatic rings. The van der Waals surface area contributed by atoms with E-state index < -0.39 is 23.9 Å². The van der Waals surface area contributed by atoms with Gasteiger partial charge in [-0.2, -0.15) is 0 Å². The lowest BCUT2D eigenvalue weighted by Crippen LogP contribution is -2.29. The summed E-state index contributed by atoms with van der Waals surface area (Å²) in [5, 5.41) is 3.10. The van der Waals surface area contributed by atoms with Gasteiger partial charge in [0.15, 0.2) is 6.10 Å². The highest BCUT2D eigenvalue weighted by atomic mass is 35.5. The zero-order chi connectivity index (χ0) is 19.8. The van der Waals surface area contributed by atoms with E-state index in [2.05, 4.69) is 10.1 Å². The van der Waals surface area contributed by atoms with Gasteiger partial charge in [0.1, 0.15) is 0 Å². The first kappa shape index (κ1) is 20.2. The van der Waals surface area contributed by atoms with Gasteiger partial charge in [-0.25, -0.2) is 9.59 Å². The van der Waals surface area contributed by atoms with Gasteiger partial charge in [-0.1, -0.05) is 29.8 Å². The van der Waals surface area contributed by atoms with E-state index >= 15 is 0 Å². The predicted octanol–water partition coefficient (Wildman–Crippen LogP) is 3.71. The van der Waals surface area contributed by atoms with Crippen molar-refractivity contribution in [2.24, 2.45) is 0 Å². The first-order valence-corrected chi connectivity index (χ1v) is 8.40. The Bertz CT molecular complexity index is 861. The SMILES string of the molecule is COC(=O)c1ccc(/C=C/C(=O)O[C@@H](C)C(=O)Nc2cccc(Cl)c2)cc1. The lowest BCUT2D eigenvalue weighted by molar-refractivity contribution is -0.148. The molecule has 6 nitrogen and oxygen atoms in total. The van der Waals surface area contributed by atoms with Crippen molar-refractivity contribution in [3.8, 4) is 0 Å². The van der Waals surface area contributed by atoms with E-state index in [0.29, 0.717) is 21.8 Å². The Morgan fingerprint density at radius 3 is 2.44 bits per heavy atom. The van der Waals surface area contributed by atoms with Gasteiger partial charge in [-0.05, 0) is 48.9 Å². The molecule has 0 spiro atoms. The van der Waals surface area contributed by atoms with Crippen LogP contribution in [0, 0.1) is 0 Å². The number of rotatable bonds is 6. The van der Waals surface area contributed by atoms with Gasteiger partial charge in [0.25, 0.3) is 5.91 Å². The molecule has 1 N–H and O–H groups in total. The molecular formula is C20H18ClNO5. The summed E-state index contributed by atoms with van der Waals surface area (Å²) in [7, 11) is 1.30. The van der Waals surface area contributed by atoms with Crippen LogP contribution < -0.4 is 5.32 Å². The molecule has 0 heterocycles. The highest BCUT2D eigenvalue weighted by Crippen LogP contribution is 2.15. The maximum atomic E-state index is 12.1. The second-order valence-corrected chi connectivity index (χ2v) is 5.96. The molecule has 0 fully saturated rings. The number of amides is 1. The normalized spacial score (nSPS) is 11.7. The molecule has 0 unspecified atom stereocenters. The van der Waals surface area contributed by atoms with E-state index in [4.69, 9.17) is 16.3 Å². The van der Waals surface area contributed by atoms with E-state index in [1.165, 1.54) is 26.2 Å². The number of nitrogens with one attached hydrogen (secondary N) is 1. The summed E-state index contributed by atoms with van der Waals surface area (Å²) >= 11 is 5.86. The van der Waals surface area contributed by atoms with Crippen LogP contribution in [0.4, 0.5) is 5.69 Å². The standard InChI is InChI=1S/C20H18ClNO5/c1-13(19(24)22-17-5-3-4-16(21)12-17)27-18(23)11-8-14-6-9-15(10-7-14)20(25)26-2/h3-13H,1-2H3,(H,22,24)/b11-8+/t13-/m0/s1. The summed E-state index contributed by atoms with van der Waals surface area (Å²) in [4.78, 5) is 35.3. The summed E-state index contributed by atoms with van der Waals surface area (Å²) in [6, 6.07) is 13.1. The van der Waals surface area contributed by atoms with E-state index in [-0.39, 0.29) is 0 Å². The number of methoxy groups -OCH3 is 1. The van der Waals surface area contributed by atoms with Crippen molar-refractivity contribution in [2.75, 3.05) is 12.4 Å². The average Bonchev–Trinajstić information content (AvgIpc) is 2.66. The molecule has 0 bridgehead atoms. The van der Waals surface area contributed by atoms with Crippen LogP contribution in [-0.2, 0) is 19.1 Å². The number of hydrogen-bond acceptors (Lipinski definition) is 5. The maximum absolute atomic E-state index is 12.1. The van der Waals surface area contributed by atoms with Crippen molar-refractivity contribution in [1.29, 1.82) is 0 Å². The molecule has 1 atom stereocenters. The molecule has 0 aliphatic heterocycles. The molecule has 0 saturated heterocycles.